The van der Waals surface area contributed by atoms with Gasteiger partial charge in [-0.2, -0.15) is 12.8 Å². The maximum atomic E-state index is 11.7. The number of aromatic hydroxyl groups is 2. The van der Waals surface area contributed by atoms with Crippen molar-refractivity contribution in [1.29, 1.82) is 0 Å². The lowest BCUT2D eigenvalue weighted by Crippen LogP contribution is -2.14. The third-order valence-corrected chi connectivity index (χ3v) is 4.12. The van der Waals surface area contributed by atoms with Crippen LogP contribution in [0.2, 0.25) is 0 Å². The van der Waals surface area contributed by atoms with E-state index in [9.17, 15) is 23.7 Å². The number of rotatable bonds is 4. The molecule has 0 aliphatic carbocycles. The predicted molar refractivity (Wildman–Crippen MR) is 83.8 cm³/mol. The Hall–Kier alpha value is -2.87. The molecule has 23 heavy (non-hydrogen) atoms. The topological polar surface area (TPSA) is 122 Å². The van der Waals surface area contributed by atoms with Crippen molar-refractivity contribution in [2.45, 2.75) is 11.8 Å². The van der Waals surface area contributed by atoms with E-state index in [0.29, 0.717) is 11.3 Å². The van der Waals surface area contributed by atoms with Crippen molar-refractivity contribution in [3.8, 4) is 11.5 Å². The van der Waals surface area contributed by atoms with Gasteiger partial charge >= 0.3 is 0 Å². The van der Waals surface area contributed by atoms with E-state index in [1.54, 1.807) is 0 Å². The first-order chi connectivity index (χ1) is 10.8. The molecule has 2 aromatic rings. The van der Waals surface area contributed by atoms with Crippen LogP contribution in [-0.2, 0) is 10.0 Å². The fourth-order valence-corrected chi connectivity index (χ4v) is 2.64. The summed E-state index contributed by atoms with van der Waals surface area (Å²) >= 11 is 0. The Bertz CT molecular complexity index is 867. The van der Waals surface area contributed by atoms with Gasteiger partial charge in [-0.1, -0.05) is 0 Å². The number of phenols is 2. The van der Waals surface area contributed by atoms with Crippen LogP contribution in [0.25, 0.3) is 0 Å². The second-order valence-corrected chi connectivity index (χ2v) is 6.18. The van der Waals surface area contributed by atoms with Gasteiger partial charge in [-0.15, -0.1) is 0 Å². The molecule has 2 aromatic carbocycles. The summed E-state index contributed by atoms with van der Waals surface area (Å²) in [5, 5.41) is 29.6. The van der Waals surface area contributed by atoms with Crippen LogP contribution in [0.1, 0.15) is 12.5 Å². The van der Waals surface area contributed by atoms with Gasteiger partial charge in [0.2, 0.25) is 0 Å². The fraction of sp³-hybridized carbons (Fsp3) is 0.0667. The third kappa shape index (κ3) is 4.30. The van der Waals surface area contributed by atoms with Crippen LogP contribution in [-0.4, -0.2) is 30.7 Å². The van der Waals surface area contributed by atoms with E-state index < -0.39 is 15.9 Å². The van der Waals surface area contributed by atoms with Crippen molar-refractivity contribution in [1.82, 2.24) is 0 Å². The molecule has 2 N–H and O–H groups in total. The van der Waals surface area contributed by atoms with Crippen LogP contribution in [0, 0.1) is 0 Å². The Morgan fingerprint density at radius 2 is 1.78 bits per heavy atom. The maximum absolute atomic E-state index is 11.7. The highest BCUT2D eigenvalue weighted by molar-refractivity contribution is 7.90. The van der Waals surface area contributed by atoms with Crippen molar-refractivity contribution >= 4 is 27.8 Å². The minimum atomic E-state index is -4.00. The van der Waals surface area contributed by atoms with Gasteiger partial charge in [0, 0.05) is 17.8 Å². The van der Waals surface area contributed by atoms with Gasteiger partial charge in [-0.25, -0.2) is 0 Å². The minimum Gasteiger partial charge on any atom is -0.861 e. The molecule has 0 saturated carbocycles. The predicted octanol–water partition coefficient (Wildman–Crippen LogP) is 1.32. The Kier molecular flexibility index (Phi) is 4.65. The monoisotopic (exact) mass is 333 g/mol. The molecule has 0 aromatic heterocycles. The van der Waals surface area contributed by atoms with Crippen molar-refractivity contribution in [2.75, 3.05) is 0 Å². The Morgan fingerprint density at radius 1 is 1.13 bits per heavy atom. The van der Waals surface area contributed by atoms with Crippen LogP contribution in [0.3, 0.4) is 0 Å². The molecule has 0 heterocycles. The molecule has 7 nitrogen and oxygen atoms in total. The van der Waals surface area contributed by atoms with Gasteiger partial charge < -0.3 is 15.3 Å². The molecular formula is C15H13N2O5S-. The number of aliphatic imine (C=N–C) groups is 1. The van der Waals surface area contributed by atoms with Crippen LogP contribution in [0.15, 0.2) is 56.8 Å². The lowest BCUT2D eigenvalue weighted by molar-refractivity contribution is -0.215. The van der Waals surface area contributed by atoms with Crippen LogP contribution in [0.5, 0.6) is 11.5 Å². The van der Waals surface area contributed by atoms with E-state index >= 15 is 0 Å². The number of nitrogens with zero attached hydrogens (tertiary/aromatic N) is 2. The molecular weight excluding hydrogens is 320 g/mol. The first-order valence-electron chi connectivity index (χ1n) is 6.42. The largest absolute Gasteiger partial charge is 0.861 e. The zero-order chi connectivity index (χ0) is 17.0. The molecule has 0 aliphatic heterocycles. The maximum Gasteiger partial charge on any atom is 0.281 e. The number of phenolic OH excluding ortho intramolecular Hbond substituents is 2. The summed E-state index contributed by atoms with van der Waals surface area (Å²) in [5.74, 6) is -0.994. The highest BCUT2D eigenvalue weighted by atomic mass is 32.2. The van der Waals surface area contributed by atoms with Gasteiger partial charge in [0.05, 0.1) is 10.6 Å². The van der Waals surface area contributed by atoms with E-state index in [2.05, 4.69) is 9.39 Å². The summed E-state index contributed by atoms with van der Waals surface area (Å²) in [6.07, 6.45) is 1.37. The molecule has 0 spiro atoms. The smallest absolute Gasteiger partial charge is 0.281 e. The summed E-state index contributed by atoms with van der Waals surface area (Å²) in [7, 11) is -4.00. The molecule has 0 saturated heterocycles. The van der Waals surface area contributed by atoms with Crippen LogP contribution >= 0.6 is 0 Å². The van der Waals surface area contributed by atoms with Gasteiger partial charge in [0.15, 0.2) is 0 Å². The molecule has 0 bridgehead atoms. The van der Waals surface area contributed by atoms with E-state index in [1.165, 1.54) is 48.7 Å². The van der Waals surface area contributed by atoms with E-state index in [-0.39, 0.29) is 16.4 Å². The Balaban J connectivity index is 2.23. The number of hydrogen-bond donors (Lipinski definition) is 2. The van der Waals surface area contributed by atoms with Gasteiger partial charge in [0.1, 0.15) is 11.5 Å². The van der Waals surface area contributed by atoms with Crippen molar-refractivity contribution in [3.05, 3.63) is 48.0 Å². The zero-order valence-corrected chi connectivity index (χ0v) is 12.9. The first kappa shape index (κ1) is 16.5. The van der Waals surface area contributed by atoms with Gasteiger partial charge in [-0.05, 0) is 49.2 Å². The van der Waals surface area contributed by atoms with Crippen LogP contribution < -0.4 is 5.11 Å². The highest BCUT2D eigenvalue weighted by Gasteiger charge is 2.11. The molecule has 0 radical (unpaired) electrons. The molecule has 0 unspecified atom stereocenters. The van der Waals surface area contributed by atoms with E-state index in [4.69, 9.17) is 0 Å². The highest BCUT2D eigenvalue weighted by Crippen LogP contribution is 2.22. The lowest BCUT2D eigenvalue weighted by Gasteiger charge is -2.04. The van der Waals surface area contributed by atoms with Crippen LogP contribution in [0.4, 0.5) is 5.69 Å². The molecule has 0 amide bonds. The lowest BCUT2D eigenvalue weighted by atomic mass is 10.2. The first-order valence-corrected chi connectivity index (χ1v) is 7.86. The van der Waals surface area contributed by atoms with Crippen molar-refractivity contribution < 1.29 is 23.7 Å². The molecule has 0 atom stereocenters. The average molecular weight is 333 g/mol. The summed E-state index contributed by atoms with van der Waals surface area (Å²) in [5.41, 5.74) is 0.838. The average Bonchev–Trinajstić information content (AvgIpc) is 2.45. The Labute approximate surface area is 133 Å². The summed E-state index contributed by atoms with van der Waals surface area (Å²) in [4.78, 5) is 3.98. The third-order valence-electron chi connectivity index (χ3n) is 2.75. The number of hydrogen-bond acceptors (Lipinski definition) is 6. The summed E-state index contributed by atoms with van der Waals surface area (Å²) in [6, 6.07) is 9.52. The SMILES string of the molecule is CC([O-])=NS(=O)(=O)c1ccc(N=Cc2ccc(O)cc2O)cc1. The standard InChI is InChI=1S/C15H14N2O5S/c1-10(18)17-23(21,22)14-6-3-12(4-7-14)16-9-11-2-5-13(19)8-15(11)20/h2-9,19-20H,1H3,(H,17,18)/p-1. The van der Waals surface area contributed by atoms with Gasteiger partial charge in [-0.3, -0.25) is 4.99 Å². The number of benzene rings is 2. The van der Waals surface area contributed by atoms with Gasteiger partial charge in [0.25, 0.3) is 10.0 Å². The molecule has 8 heteroatoms. The molecule has 0 aliphatic rings. The number of sulfonamides is 1. The summed E-state index contributed by atoms with van der Waals surface area (Å²) in [6.45, 7) is 1.06. The van der Waals surface area contributed by atoms with Crippen molar-refractivity contribution in [2.24, 2.45) is 9.39 Å². The quantitative estimate of drug-likeness (QED) is 0.645. The molecule has 2 rings (SSSR count). The molecule has 120 valence electrons. The molecule has 0 fully saturated rings. The zero-order valence-electron chi connectivity index (χ0n) is 12.0. The minimum absolute atomic E-state index is 0.0663. The Morgan fingerprint density at radius 3 is 2.35 bits per heavy atom. The van der Waals surface area contributed by atoms with Crippen molar-refractivity contribution in [3.63, 3.8) is 0 Å². The van der Waals surface area contributed by atoms with E-state index in [1.807, 2.05) is 0 Å². The second kappa shape index (κ2) is 6.49. The summed E-state index contributed by atoms with van der Waals surface area (Å²) < 4.78 is 26.5. The second-order valence-electron chi connectivity index (χ2n) is 4.58. The normalized spacial score (nSPS) is 12.7. The van der Waals surface area contributed by atoms with E-state index in [0.717, 1.165) is 6.92 Å². The fourth-order valence-electron chi connectivity index (χ4n) is 1.71.